The van der Waals surface area contributed by atoms with E-state index in [1.54, 1.807) is 24.3 Å². The van der Waals surface area contributed by atoms with Gasteiger partial charge in [-0.3, -0.25) is 29.5 Å². The first kappa shape index (κ1) is 31.9. The van der Waals surface area contributed by atoms with Gasteiger partial charge in [-0.05, 0) is 72.4 Å². The van der Waals surface area contributed by atoms with Crippen molar-refractivity contribution in [1.82, 2.24) is 9.91 Å². The number of phenolic OH excluding ortho intramolecular Hbond substituents is 1. The Morgan fingerprint density at radius 3 is 2.26 bits per heavy atom. The molecule has 4 amide bonds. The summed E-state index contributed by atoms with van der Waals surface area (Å²) in [6.07, 6.45) is 2.03. The molecule has 4 aliphatic rings. The molecule has 2 aliphatic heterocycles. The fourth-order valence-corrected chi connectivity index (χ4v) is 8.88. The number of para-hydroxylation sites is 1. The molecule has 2 aliphatic carbocycles. The highest BCUT2D eigenvalue weighted by Crippen LogP contribution is 2.65. The smallest absolute Gasteiger partial charge is 0.260 e. The largest absolute Gasteiger partial charge is 0.505 e. The third kappa shape index (κ3) is 4.69. The molecule has 0 bridgehead atoms. The molecule has 3 fully saturated rings. The molecular weight excluding hydrogens is 664 g/mol. The van der Waals surface area contributed by atoms with E-state index in [1.165, 1.54) is 41.3 Å². The SMILES string of the molecule is O=C1C2CC=C3C(CC4C(=O)N(Nc5ccc(F)cc5)C(=O)C4(c4ccc(Cl)cc4)C3c3cccc(F)c3O)C2C(=O)N1Cc1ccccc1. The van der Waals surface area contributed by atoms with Crippen LogP contribution in [0.1, 0.15) is 35.4 Å². The average Bonchev–Trinajstić information content (AvgIpc) is 3.48. The highest BCUT2D eigenvalue weighted by atomic mass is 35.5. The molecule has 1 saturated carbocycles. The van der Waals surface area contributed by atoms with E-state index in [0.29, 0.717) is 16.2 Å². The Balaban J connectivity index is 1.31. The average molecular weight is 694 g/mol. The molecule has 6 unspecified atom stereocenters. The van der Waals surface area contributed by atoms with E-state index in [0.717, 1.165) is 16.6 Å². The van der Waals surface area contributed by atoms with Gasteiger partial charge >= 0.3 is 0 Å². The van der Waals surface area contributed by atoms with Gasteiger partial charge in [0.15, 0.2) is 11.6 Å². The zero-order valence-corrected chi connectivity index (χ0v) is 27.2. The van der Waals surface area contributed by atoms with Gasteiger partial charge in [-0.15, -0.1) is 0 Å². The number of nitrogens with zero attached hydrogens (tertiary/aromatic N) is 2. The molecule has 2 heterocycles. The predicted octanol–water partition coefficient (Wildman–Crippen LogP) is 6.51. The van der Waals surface area contributed by atoms with Gasteiger partial charge in [-0.2, -0.15) is 5.01 Å². The lowest BCUT2D eigenvalue weighted by Crippen LogP contribution is -2.53. The summed E-state index contributed by atoms with van der Waals surface area (Å²) in [6, 6.07) is 24.8. The number of amides is 4. The number of fused-ring (bicyclic) bond motifs is 4. The standard InChI is InChI=1S/C39H30ClF2N3O5/c40-23-11-9-22(10-12-23)39-30(36(48)45(38(39)50)43-25-15-13-24(41)14-16-25)19-29-26(33(39)28-7-4-8-31(42)34(28)46)17-18-27-32(29)37(49)44(35(27)47)20-21-5-2-1-3-6-21/h1-17,27,29-30,32-33,43,46H,18-20H2. The van der Waals surface area contributed by atoms with Crippen LogP contribution in [0.4, 0.5) is 14.5 Å². The van der Waals surface area contributed by atoms with Crippen molar-refractivity contribution in [3.63, 3.8) is 0 Å². The van der Waals surface area contributed by atoms with Crippen LogP contribution in [0.2, 0.25) is 5.02 Å². The summed E-state index contributed by atoms with van der Waals surface area (Å²) >= 11 is 6.30. The molecule has 11 heteroatoms. The van der Waals surface area contributed by atoms with Gasteiger partial charge in [0.2, 0.25) is 11.8 Å². The van der Waals surface area contributed by atoms with Crippen molar-refractivity contribution in [2.45, 2.75) is 30.7 Å². The Morgan fingerprint density at radius 2 is 1.54 bits per heavy atom. The van der Waals surface area contributed by atoms with E-state index in [4.69, 9.17) is 11.6 Å². The number of carbonyl (C=O) groups is 4. The molecule has 2 N–H and O–H groups in total. The maximum Gasteiger partial charge on any atom is 0.260 e. The molecule has 0 spiro atoms. The first-order chi connectivity index (χ1) is 24.1. The van der Waals surface area contributed by atoms with Crippen LogP contribution >= 0.6 is 11.6 Å². The molecular formula is C39H30ClF2N3O5. The summed E-state index contributed by atoms with van der Waals surface area (Å²) in [5, 5.41) is 12.6. The Bertz CT molecular complexity index is 2090. The molecule has 6 atom stereocenters. The van der Waals surface area contributed by atoms with Crippen LogP contribution in [0.3, 0.4) is 0 Å². The lowest BCUT2D eigenvalue weighted by Gasteiger charge is -2.50. The van der Waals surface area contributed by atoms with Crippen molar-refractivity contribution >= 4 is 40.9 Å². The van der Waals surface area contributed by atoms with Gasteiger partial charge in [0.1, 0.15) is 5.82 Å². The van der Waals surface area contributed by atoms with Crippen LogP contribution in [0.15, 0.2) is 109 Å². The van der Waals surface area contributed by atoms with Crippen molar-refractivity contribution in [3.05, 3.63) is 142 Å². The maximum absolute atomic E-state index is 15.2. The quantitative estimate of drug-likeness (QED) is 0.176. The second-order valence-electron chi connectivity index (χ2n) is 13.3. The van der Waals surface area contributed by atoms with E-state index in [1.807, 2.05) is 36.4 Å². The number of hydrogen-bond acceptors (Lipinski definition) is 6. The summed E-state index contributed by atoms with van der Waals surface area (Å²) in [5.74, 6) is -8.54. The lowest BCUT2D eigenvalue weighted by atomic mass is 9.49. The summed E-state index contributed by atoms with van der Waals surface area (Å²) in [7, 11) is 0. The Morgan fingerprint density at radius 1 is 0.820 bits per heavy atom. The van der Waals surface area contributed by atoms with E-state index in [9.17, 15) is 23.9 Å². The third-order valence-electron chi connectivity index (χ3n) is 10.9. The second kappa shape index (κ2) is 11.9. The zero-order chi connectivity index (χ0) is 34.9. The van der Waals surface area contributed by atoms with Gasteiger partial charge in [-0.25, -0.2) is 8.78 Å². The molecule has 2 saturated heterocycles. The van der Waals surface area contributed by atoms with Crippen LogP contribution in [-0.4, -0.2) is 38.6 Å². The van der Waals surface area contributed by atoms with Gasteiger partial charge < -0.3 is 5.11 Å². The van der Waals surface area contributed by atoms with E-state index < -0.39 is 64.2 Å². The van der Waals surface area contributed by atoms with Gasteiger partial charge in [0.05, 0.1) is 35.4 Å². The van der Waals surface area contributed by atoms with Crippen molar-refractivity contribution in [3.8, 4) is 5.75 Å². The second-order valence-corrected chi connectivity index (χ2v) is 13.7. The van der Waals surface area contributed by atoms with Crippen LogP contribution in [0.5, 0.6) is 5.75 Å². The monoisotopic (exact) mass is 693 g/mol. The first-order valence-corrected chi connectivity index (χ1v) is 16.7. The first-order valence-electron chi connectivity index (χ1n) is 16.3. The van der Waals surface area contributed by atoms with E-state index in [2.05, 4.69) is 5.43 Å². The minimum atomic E-state index is -1.73. The number of phenols is 1. The number of aromatic hydroxyl groups is 1. The number of hydrogen-bond donors (Lipinski definition) is 2. The predicted molar refractivity (Wildman–Crippen MR) is 179 cm³/mol. The summed E-state index contributed by atoms with van der Waals surface area (Å²) in [6.45, 7) is 0.0899. The Kier molecular flexibility index (Phi) is 7.60. The number of hydrazine groups is 1. The highest BCUT2D eigenvalue weighted by Gasteiger charge is 2.70. The van der Waals surface area contributed by atoms with Crippen molar-refractivity contribution in [2.75, 3.05) is 5.43 Å². The number of halogens is 3. The number of benzene rings is 4. The number of rotatable bonds is 6. The molecule has 0 radical (unpaired) electrons. The molecule has 4 aromatic carbocycles. The summed E-state index contributed by atoms with van der Waals surface area (Å²) in [5.41, 5.74) is 3.24. The number of imide groups is 2. The molecule has 8 rings (SSSR count). The van der Waals surface area contributed by atoms with Crippen molar-refractivity contribution < 1.29 is 33.1 Å². The maximum atomic E-state index is 15.2. The summed E-state index contributed by atoms with van der Waals surface area (Å²) in [4.78, 5) is 59.1. The normalized spacial score (nSPS) is 27.2. The van der Waals surface area contributed by atoms with Gasteiger partial charge in [0.25, 0.3) is 11.8 Å². The number of anilines is 1. The fourth-order valence-electron chi connectivity index (χ4n) is 8.75. The van der Waals surface area contributed by atoms with Gasteiger partial charge in [-0.1, -0.05) is 77.8 Å². The topological polar surface area (TPSA) is 107 Å². The van der Waals surface area contributed by atoms with Crippen LogP contribution < -0.4 is 5.43 Å². The van der Waals surface area contributed by atoms with Gasteiger partial charge in [0, 0.05) is 16.5 Å². The van der Waals surface area contributed by atoms with E-state index in [-0.39, 0.29) is 42.5 Å². The summed E-state index contributed by atoms with van der Waals surface area (Å²) < 4.78 is 29.0. The molecule has 8 nitrogen and oxygen atoms in total. The van der Waals surface area contributed by atoms with Crippen molar-refractivity contribution in [1.29, 1.82) is 0 Å². The number of carbonyl (C=O) groups excluding carboxylic acids is 4. The van der Waals surface area contributed by atoms with Crippen LogP contribution in [0.25, 0.3) is 0 Å². The molecule has 50 heavy (non-hydrogen) atoms. The fraction of sp³-hybridized carbons (Fsp3) is 0.231. The van der Waals surface area contributed by atoms with Crippen LogP contribution in [-0.2, 0) is 31.1 Å². The minimum Gasteiger partial charge on any atom is -0.505 e. The third-order valence-corrected chi connectivity index (χ3v) is 11.1. The highest BCUT2D eigenvalue weighted by molar-refractivity contribution is 6.30. The molecule has 252 valence electrons. The number of allylic oxidation sites excluding steroid dienone is 2. The number of likely N-dealkylation sites (tertiary alicyclic amines) is 1. The zero-order valence-electron chi connectivity index (χ0n) is 26.4. The lowest BCUT2D eigenvalue weighted by molar-refractivity contribution is -0.142. The minimum absolute atomic E-state index is 0.0204. The Labute approximate surface area is 290 Å². The Hall–Kier alpha value is -5.35. The number of nitrogens with one attached hydrogen (secondary N) is 1. The molecule has 4 aromatic rings. The molecule has 0 aromatic heterocycles. The van der Waals surface area contributed by atoms with E-state index >= 15 is 9.18 Å². The van der Waals surface area contributed by atoms with Crippen LogP contribution in [0, 0.1) is 35.3 Å². The van der Waals surface area contributed by atoms with Crippen molar-refractivity contribution in [2.24, 2.45) is 23.7 Å².